The molecule has 2 heterocycles. The Bertz CT molecular complexity index is 1080. The number of anilines is 2. The quantitative estimate of drug-likeness (QED) is 0.732. The number of nitrogens with one attached hydrogen (secondary N) is 1. The first-order chi connectivity index (χ1) is 11.3. The maximum absolute atomic E-state index is 12.6. The number of hydrogen-bond acceptors (Lipinski definition) is 4. The summed E-state index contributed by atoms with van der Waals surface area (Å²) in [5.41, 5.74) is 3.05. The van der Waals surface area contributed by atoms with Crippen LogP contribution in [0.2, 0.25) is 0 Å². The SMILES string of the molecule is Cc1cc(Nc2c(C)cnc3c2c(=O)n(C)c(=O)n3C)ccc1Br. The standard InChI is InChI=1S/C17H17BrN4O2/c1-9-7-11(5-6-12(9)18)20-14-10(2)8-19-15-13(14)16(23)22(4)17(24)21(15)3/h5-8H,1-4H3,(H,19,20). The molecule has 6 nitrogen and oxygen atoms in total. The highest BCUT2D eigenvalue weighted by Gasteiger charge is 2.16. The van der Waals surface area contributed by atoms with Crippen molar-refractivity contribution in [3.8, 4) is 0 Å². The van der Waals surface area contributed by atoms with Crippen LogP contribution in [-0.4, -0.2) is 14.1 Å². The van der Waals surface area contributed by atoms with Gasteiger partial charge < -0.3 is 5.32 Å². The molecular weight excluding hydrogens is 372 g/mol. The molecule has 0 aliphatic heterocycles. The van der Waals surface area contributed by atoms with Crippen LogP contribution in [0.3, 0.4) is 0 Å². The molecule has 0 aliphatic rings. The summed E-state index contributed by atoms with van der Waals surface area (Å²) < 4.78 is 3.50. The monoisotopic (exact) mass is 388 g/mol. The van der Waals surface area contributed by atoms with Crippen LogP contribution in [0.15, 0.2) is 38.5 Å². The summed E-state index contributed by atoms with van der Waals surface area (Å²) in [6.07, 6.45) is 1.66. The van der Waals surface area contributed by atoms with E-state index in [4.69, 9.17) is 0 Å². The van der Waals surface area contributed by atoms with E-state index >= 15 is 0 Å². The summed E-state index contributed by atoms with van der Waals surface area (Å²) in [4.78, 5) is 29.0. The molecule has 0 atom stereocenters. The maximum Gasteiger partial charge on any atom is 0.332 e. The topological polar surface area (TPSA) is 68.9 Å². The Morgan fingerprint density at radius 2 is 1.79 bits per heavy atom. The lowest BCUT2D eigenvalue weighted by Gasteiger charge is -2.15. The number of benzene rings is 1. The van der Waals surface area contributed by atoms with Gasteiger partial charge >= 0.3 is 5.69 Å². The number of fused-ring (bicyclic) bond motifs is 1. The molecule has 0 amide bonds. The first kappa shape index (κ1) is 16.4. The molecule has 0 aliphatic carbocycles. The van der Waals surface area contributed by atoms with Gasteiger partial charge in [-0.15, -0.1) is 0 Å². The van der Waals surface area contributed by atoms with Crippen LogP contribution in [0.5, 0.6) is 0 Å². The van der Waals surface area contributed by atoms with E-state index in [1.807, 2.05) is 32.0 Å². The molecule has 0 spiro atoms. The van der Waals surface area contributed by atoms with Crippen molar-refractivity contribution in [1.29, 1.82) is 0 Å². The minimum atomic E-state index is -0.394. The van der Waals surface area contributed by atoms with Crippen molar-refractivity contribution in [1.82, 2.24) is 14.1 Å². The fourth-order valence-corrected chi connectivity index (χ4v) is 2.90. The summed E-state index contributed by atoms with van der Waals surface area (Å²) in [5, 5.41) is 3.71. The van der Waals surface area contributed by atoms with E-state index in [2.05, 4.69) is 26.2 Å². The number of halogens is 1. The van der Waals surface area contributed by atoms with E-state index in [1.165, 1.54) is 11.6 Å². The van der Waals surface area contributed by atoms with Crippen molar-refractivity contribution < 1.29 is 0 Å². The van der Waals surface area contributed by atoms with E-state index in [0.29, 0.717) is 16.7 Å². The van der Waals surface area contributed by atoms with E-state index < -0.39 is 5.69 Å². The zero-order valence-corrected chi connectivity index (χ0v) is 15.4. The lowest BCUT2D eigenvalue weighted by molar-refractivity contribution is 0.707. The van der Waals surface area contributed by atoms with Crippen molar-refractivity contribution in [2.45, 2.75) is 13.8 Å². The van der Waals surface area contributed by atoms with Gasteiger partial charge in [0.15, 0.2) is 5.65 Å². The van der Waals surface area contributed by atoms with Gasteiger partial charge in [-0.25, -0.2) is 9.78 Å². The van der Waals surface area contributed by atoms with Crippen molar-refractivity contribution in [2.75, 3.05) is 5.32 Å². The Labute approximate surface area is 146 Å². The zero-order valence-electron chi connectivity index (χ0n) is 13.8. The number of nitrogens with zero attached hydrogens (tertiary/aromatic N) is 3. The second-order valence-electron chi connectivity index (χ2n) is 5.81. The van der Waals surface area contributed by atoms with Crippen molar-refractivity contribution in [3.63, 3.8) is 0 Å². The Morgan fingerprint density at radius 1 is 1.08 bits per heavy atom. The van der Waals surface area contributed by atoms with E-state index in [1.54, 1.807) is 13.2 Å². The van der Waals surface area contributed by atoms with E-state index in [9.17, 15) is 9.59 Å². The molecule has 0 fully saturated rings. The molecule has 3 aromatic rings. The molecule has 0 saturated heterocycles. The smallest absolute Gasteiger partial charge is 0.332 e. The summed E-state index contributed by atoms with van der Waals surface area (Å²) in [6.45, 7) is 3.88. The van der Waals surface area contributed by atoms with Crippen LogP contribution in [0.4, 0.5) is 11.4 Å². The number of rotatable bonds is 2. The third kappa shape index (κ3) is 2.54. The first-order valence-electron chi connectivity index (χ1n) is 7.39. The average Bonchev–Trinajstić information content (AvgIpc) is 2.56. The summed E-state index contributed by atoms with van der Waals surface area (Å²) in [6, 6.07) is 5.86. The lowest BCUT2D eigenvalue weighted by Crippen LogP contribution is -2.37. The largest absolute Gasteiger partial charge is 0.354 e. The molecule has 124 valence electrons. The van der Waals surface area contributed by atoms with E-state index in [-0.39, 0.29) is 5.56 Å². The Hall–Kier alpha value is -2.41. The fraction of sp³-hybridized carbons (Fsp3) is 0.235. The Balaban J connectivity index is 2.31. The van der Waals surface area contributed by atoms with Gasteiger partial charge in [-0.2, -0.15) is 0 Å². The van der Waals surface area contributed by atoms with Crippen LogP contribution in [-0.2, 0) is 14.1 Å². The third-order valence-corrected chi connectivity index (χ3v) is 4.98. The molecule has 1 N–H and O–H groups in total. The van der Waals surface area contributed by atoms with Crippen LogP contribution in [0, 0.1) is 13.8 Å². The van der Waals surface area contributed by atoms with Crippen LogP contribution in [0.1, 0.15) is 11.1 Å². The average molecular weight is 389 g/mol. The zero-order chi connectivity index (χ0) is 17.6. The molecule has 0 bridgehead atoms. The van der Waals surface area contributed by atoms with Gasteiger partial charge in [0.05, 0.1) is 5.69 Å². The number of aromatic nitrogens is 3. The highest BCUT2D eigenvalue weighted by atomic mass is 79.9. The second kappa shape index (κ2) is 5.90. The first-order valence-corrected chi connectivity index (χ1v) is 8.19. The predicted octanol–water partition coefficient (Wildman–Crippen LogP) is 2.76. The van der Waals surface area contributed by atoms with Gasteiger partial charge in [-0.1, -0.05) is 15.9 Å². The predicted molar refractivity (Wildman–Crippen MR) is 99.1 cm³/mol. The van der Waals surface area contributed by atoms with Gasteiger partial charge in [0, 0.05) is 30.5 Å². The summed E-state index contributed by atoms with van der Waals surface area (Å²) in [5.74, 6) is 0. The van der Waals surface area contributed by atoms with Gasteiger partial charge in [-0.05, 0) is 43.2 Å². The molecule has 2 aromatic heterocycles. The van der Waals surface area contributed by atoms with Crippen LogP contribution in [0.25, 0.3) is 11.0 Å². The van der Waals surface area contributed by atoms with Gasteiger partial charge in [-0.3, -0.25) is 13.9 Å². The van der Waals surface area contributed by atoms with E-state index in [0.717, 1.165) is 25.9 Å². The second-order valence-corrected chi connectivity index (χ2v) is 6.66. The molecule has 7 heteroatoms. The molecule has 0 radical (unpaired) electrons. The maximum atomic E-state index is 12.6. The number of pyridine rings is 1. The number of hydrogen-bond donors (Lipinski definition) is 1. The summed E-state index contributed by atoms with van der Waals surface area (Å²) in [7, 11) is 3.08. The summed E-state index contributed by atoms with van der Waals surface area (Å²) >= 11 is 3.48. The Kier molecular flexibility index (Phi) is 4.04. The number of aryl methyl sites for hydroxylation is 3. The normalized spacial score (nSPS) is 11.0. The van der Waals surface area contributed by atoms with Gasteiger partial charge in [0.25, 0.3) is 5.56 Å². The van der Waals surface area contributed by atoms with Crippen molar-refractivity contribution in [2.24, 2.45) is 14.1 Å². The molecule has 3 rings (SSSR count). The van der Waals surface area contributed by atoms with Crippen molar-refractivity contribution >= 4 is 38.3 Å². The molecule has 0 saturated carbocycles. The molecule has 0 unspecified atom stereocenters. The lowest BCUT2D eigenvalue weighted by atomic mass is 10.1. The minimum absolute atomic E-state index is 0.361. The minimum Gasteiger partial charge on any atom is -0.354 e. The third-order valence-electron chi connectivity index (χ3n) is 4.09. The van der Waals surface area contributed by atoms with Gasteiger partial charge in [0.2, 0.25) is 0 Å². The highest BCUT2D eigenvalue weighted by Crippen LogP contribution is 2.28. The van der Waals surface area contributed by atoms with Crippen LogP contribution >= 0.6 is 15.9 Å². The van der Waals surface area contributed by atoms with Gasteiger partial charge in [0.1, 0.15) is 5.39 Å². The van der Waals surface area contributed by atoms with Crippen LogP contribution < -0.4 is 16.6 Å². The molecule has 1 aromatic carbocycles. The molecular formula is C17H17BrN4O2. The molecule has 24 heavy (non-hydrogen) atoms. The Morgan fingerprint density at radius 3 is 2.46 bits per heavy atom. The highest BCUT2D eigenvalue weighted by molar-refractivity contribution is 9.10. The van der Waals surface area contributed by atoms with Crippen molar-refractivity contribution in [3.05, 3.63) is 60.8 Å². The fourth-order valence-electron chi connectivity index (χ4n) is 2.65.